The number of hydrogen-bond donors (Lipinski definition) is 1. The molecule has 0 radical (unpaired) electrons. The number of benzene rings is 1. The number of halogens is 1. The highest BCUT2D eigenvalue weighted by Crippen LogP contribution is 2.30. The fourth-order valence-corrected chi connectivity index (χ4v) is 2.44. The van der Waals surface area contributed by atoms with Crippen LogP contribution in [-0.4, -0.2) is 24.9 Å². The summed E-state index contributed by atoms with van der Waals surface area (Å²) in [6, 6.07) is 4.95. The zero-order chi connectivity index (χ0) is 13.9. The van der Waals surface area contributed by atoms with Crippen LogP contribution in [0.3, 0.4) is 0 Å². The van der Waals surface area contributed by atoms with Crippen LogP contribution in [0.1, 0.15) is 32.3 Å². The van der Waals surface area contributed by atoms with Crippen molar-refractivity contribution in [2.75, 3.05) is 13.2 Å². The van der Waals surface area contributed by atoms with Crippen molar-refractivity contribution in [3.63, 3.8) is 0 Å². The Bertz CT molecular complexity index is 434. The summed E-state index contributed by atoms with van der Waals surface area (Å²) in [4.78, 5) is 0. The van der Waals surface area contributed by atoms with E-state index in [1.165, 1.54) is 6.07 Å². The third kappa shape index (κ3) is 3.67. The van der Waals surface area contributed by atoms with Gasteiger partial charge in [-0.25, -0.2) is 4.39 Å². The fraction of sp³-hybridized carbons (Fsp3) is 0.600. The first-order valence-electron chi connectivity index (χ1n) is 6.80. The van der Waals surface area contributed by atoms with E-state index in [1.54, 1.807) is 6.07 Å². The molecule has 19 heavy (non-hydrogen) atoms. The first kappa shape index (κ1) is 14.3. The smallest absolute Gasteiger partial charge is 0.165 e. The van der Waals surface area contributed by atoms with E-state index in [2.05, 4.69) is 13.8 Å². The molecule has 1 fully saturated rings. The number of nitrogens with two attached hydrogens (primary N) is 1. The number of hydrogen-bond acceptors (Lipinski definition) is 3. The Hall–Kier alpha value is -1.13. The normalized spacial score (nSPS) is 21.6. The molecule has 0 aliphatic carbocycles. The molecule has 1 saturated heterocycles. The summed E-state index contributed by atoms with van der Waals surface area (Å²) in [5.74, 6) is -0.00976. The van der Waals surface area contributed by atoms with Crippen LogP contribution in [0.4, 0.5) is 4.39 Å². The standard InChI is InChI=1S/C15H22FNO2/c1-15(2)8-6-12(19-15)10-18-14-11(7-9-17)4-3-5-13(14)16/h3-5,12H,6-10,17H2,1-2H3. The first-order valence-corrected chi connectivity index (χ1v) is 6.80. The quantitative estimate of drug-likeness (QED) is 0.892. The van der Waals surface area contributed by atoms with Crippen LogP contribution in [0.15, 0.2) is 18.2 Å². The van der Waals surface area contributed by atoms with Gasteiger partial charge in [-0.15, -0.1) is 0 Å². The minimum atomic E-state index is -0.330. The molecule has 0 amide bonds. The minimum absolute atomic E-state index is 0.0420. The van der Waals surface area contributed by atoms with Gasteiger partial charge < -0.3 is 15.2 Å². The van der Waals surface area contributed by atoms with Gasteiger partial charge in [0, 0.05) is 0 Å². The molecule has 4 heteroatoms. The van der Waals surface area contributed by atoms with Gasteiger partial charge in [0.2, 0.25) is 0 Å². The third-order valence-corrected chi connectivity index (χ3v) is 3.43. The highest BCUT2D eigenvalue weighted by Gasteiger charge is 2.32. The van der Waals surface area contributed by atoms with Crippen molar-refractivity contribution < 1.29 is 13.9 Å². The fourth-order valence-electron chi connectivity index (χ4n) is 2.44. The molecule has 106 valence electrons. The van der Waals surface area contributed by atoms with Crippen molar-refractivity contribution in [3.05, 3.63) is 29.6 Å². The Morgan fingerprint density at radius 2 is 2.26 bits per heavy atom. The van der Waals surface area contributed by atoms with E-state index in [0.717, 1.165) is 18.4 Å². The molecular formula is C15H22FNO2. The summed E-state index contributed by atoms with van der Waals surface area (Å²) in [5, 5.41) is 0. The average molecular weight is 267 g/mol. The van der Waals surface area contributed by atoms with E-state index in [9.17, 15) is 4.39 Å². The highest BCUT2D eigenvalue weighted by atomic mass is 19.1. The summed E-state index contributed by atoms with van der Waals surface area (Å²) in [6.07, 6.45) is 2.62. The van der Waals surface area contributed by atoms with Gasteiger partial charge >= 0.3 is 0 Å². The molecule has 1 aromatic rings. The van der Waals surface area contributed by atoms with E-state index in [4.69, 9.17) is 15.2 Å². The van der Waals surface area contributed by atoms with Gasteiger partial charge in [-0.1, -0.05) is 12.1 Å². The second-order valence-corrected chi connectivity index (χ2v) is 5.62. The lowest BCUT2D eigenvalue weighted by Gasteiger charge is -2.20. The summed E-state index contributed by atoms with van der Waals surface area (Å²) >= 11 is 0. The Balaban J connectivity index is 1.99. The summed E-state index contributed by atoms with van der Waals surface area (Å²) < 4.78 is 25.3. The van der Waals surface area contributed by atoms with Crippen molar-refractivity contribution in [3.8, 4) is 5.75 Å². The van der Waals surface area contributed by atoms with Crippen molar-refractivity contribution in [2.45, 2.75) is 44.8 Å². The largest absolute Gasteiger partial charge is 0.488 e. The predicted octanol–water partition coefficient (Wildman–Crippen LogP) is 2.66. The van der Waals surface area contributed by atoms with Crippen molar-refractivity contribution >= 4 is 0 Å². The summed E-state index contributed by atoms with van der Waals surface area (Å²) in [7, 11) is 0. The SMILES string of the molecule is CC1(C)CCC(COc2c(F)cccc2CCN)O1. The molecule has 0 aromatic heterocycles. The molecule has 2 N–H and O–H groups in total. The predicted molar refractivity (Wildman–Crippen MR) is 72.8 cm³/mol. The molecular weight excluding hydrogens is 245 g/mol. The van der Waals surface area contributed by atoms with Gasteiger partial charge in [-0.05, 0) is 51.3 Å². The number of para-hydroxylation sites is 1. The summed E-state index contributed by atoms with van der Waals surface area (Å²) in [6.45, 7) is 5.00. The molecule has 1 aliphatic rings. The third-order valence-electron chi connectivity index (χ3n) is 3.43. The lowest BCUT2D eigenvalue weighted by molar-refractivity contribution is -0.0331. The Morgan fingerprint density at radius 1 is 1.47 bits per heavy atom. The maximum atomic E-state index is 13.8. The molecule has 0 saturated carbocycles. The molecule has 2 rings (SSSR count). The number of rotatable bonds is 5. The highest BCUT2D eigenvalue weighted by molar-refractivity contribution is 5.35. The number of ether oxygens (including phenoxy) is 2. The van der Waals surface area contributed by atoms with E-state index in [1.807, 2.05) is 6.07 Å². The molecule has 3 nitrogen and oxygen atoms in total. The second-order valence-electron chi connectivity index (χ2n) is 5.62. The van der Waals surface area contributed by atoms with Crippen LogP contribution >= 0.6 is 0 Å². The van der Waals surface area contributed by atoms with E-state index in [0.29, 0.717) is 25.3 Å². The Kier molecular flexibility index (Phi) is 4.42. The molecule has 0 spiro atoms. The maximum absolute atomic E-state index is 13.8. The second kappa shape index (κ2) is 5.88. The van der Waals surface area contributed by atoms with Crippen molar-refractivity contribution in [2.24, 2.45) is 5.73 Å². The Morgan fingerprint density at radius 3 is 2.89 bits per heavy atom. The van der Waals surface area contributed by atoms with Gasteiger partial charge in [0.15, 0.2) is 11.6 Å². The molecule has 1 atom stereocenters. The lowest BCUT2D eigenvalue weighted by atomic mass is 10.1. The maximum Gasteiger partial charge on any atom is 0.165 e. The van der Waals surface area contributed by atoms with Crippen LogP contribution < -0.4 is 10.5 Å². The van der Waals surface area contributed by atoms with E-state index >= 15 is 0 Å². The van der Waals surface area contributed by atoms with Crippen LogP contribution in [0.5, 0.6) is 5.75 Å². The van der Waals surface area contributed by atoms with Crippen LogP contribution in [0.25, 0.3) is 0 Å². The molecule has 0 bridgehead atoms. The van der Waals surface area contributed by atoms with Crippen molar-refractivity contribution in [1.82, 2.24) is 0 Å². The van der Waals surface area contributed by atoms with Gasteiger partial charge in [0.25, 0.3) is 0 Å². The first-order chi connectivity index (χ1) is 9.02. The molecule has 1 aromatic carbocycles. The van der Waals surface area contributed by atoms with Gasteiger partial charge in [0.1, 0.15) is 6.61 Å². The average Bonchev–Trinajstić information content (AvgIpc) is 2.69. The molecule has 1 unspecified atom stereocenters. The summed E-state index contributed by atoms with van der Waals surface area (Å²) in [5.41, 5.74) is 6.26. The van der Waals surface area contributed by atoms with Gasteiger partial charge in [-0.3, -0.25) is 0 Å². The van der Waals surface area contributed by atoms with E-state index < -0.39 is 0 Å². The topological polar surface area (TPSA) is 44.5 Å². The monoisotopic (exact) mass is 267 g/mol. The van der Waals surface area contributed by atoms with Gasteiger partial charge in [-0.2, -0.15) is 0 Å². The zero-order valence-electron chi connectivity index (χ0n) is 11.6. The van der Waals surface area contributed by atoms with Crippen LogP contribution in [0, 0.1) is 5.82 Å². The van der Waals surface area contributed by atoms with Crippen LogP contribution in [0.2, 0.25) is 0 Å². The van der Waals surface area contributed by atoms with Crippen molar-refractivity contribution in [1.29, 1.82) is 0 Å². The molecule has 1 heterocycles. The zero-order valence-corrected chi connectivity index (χ0v) is 11.6. The minimum Gasteiger partial charge on any atom is -0.488 e. The molecule has 1 aliphatic heterocycles. The lowest BCUT2D eigenvalue weighted by Crippen LogP contribution is -2.24. The van der Waals surface area contributed by atoms with E-state index in [-0.39, 0.29) is 17.5 Å². The Labute approximate surface area is 113 Å². The van der Waals surface area contributed by atoms with Crippen LogP contribution in [-0.2, 0) is 11.2 Å². The van der Waals surface area contributed by atoms with Gasteiger partial charge in [0.05, 0.1) is 11.7 Å².